The van der Waals surface area contributed by atoms with Crippen molar-refractivity contribution in [3.63, 3.8) is 0 Å². The van der Waals surface area contributed by atoms with Gasteiger partial charge in [0.1, 0.15) is 6.10 Å². The molecule has 0 aliphatic carbocycles. The SMILES string of the molecule is CCCCCCC(OC(=O)c1ccccc1C(=O)O)C(C)CC. The van der Waals surface area contributed by atoms with Gasteiger partial charge in [-0.2, -0.15) is 0 Å². The van der Waals surface area contributed by atoms with Gasteiger partial charge in [-0.05, 0) is 30.9 Å². The van der Waals surface area contributed by atoms with Gasteiger partial charge in [-0.1, -0.05) is 58.6 Å². The molecule has 0 spiro atoms. The Kier molecular flexibility index (Phi) is 8.38. The van der Waals surface area contributed by atoms with Crippen molar-refractivity contribution in [3.05, 3.63) is 35.4 Å². The number of carboxylic acids is 1. The molecule has 1 N–H and O–H groups in total. The monoisotopic (exact) mass is 320 g/mol. The highest BCUT2D eigenvalue weighted by Gasteiger charge is 2.23. The van der Waals surface area contributed by atoms with E-state index in [0.717, 1.165) is 25.7 Å². The minimum Gasteiger partial charge on any atom is -0.478 e. The Labute approximate surface area is 138 Å². The molecule has 1 rings (SSSR count). The lowest BCUT2D eigenvalue weighted by Crippen LogP contribution is -2.26. The lowest BCUT2D eigenvalue weighted by atomic mass is 9.96. The third-order valence-electron chi connectivity index (χ3n) is 4.26. The molecule has 0 aliphatic rings. The van der Waals surface area contributed by atoms with Crippen LogP contribution in [0.15, 0.2) is 24.3 Å². The zero-order valence-electron chi connectivity index (χ0n) is 14.4. The van der Waals surface area contributed by atoms with E-state index in [9.17, 15) is 14.7 Å². The summed E-state index contributed by atoms with van der Waals surface area (Å²) < 4.78 is 5.66. The van der Waals surface area contributed by atoms with E-state index in [4.69, 9.17) is 4.74 Å². The molecular weight excluding hydrogens is 292 g/mol. The Hall–Kier alpha value is -1.84. The third kappa shape index (κ3) is 6.05. The first-order chi connectivity index (χ1) is 11.0. The second-order valence-corrected chi connectivity index (χ2v) is 6.03. The van der Waals surface area contributed by atoms with Crippen molar-refractivity contribution in [1.29, 1.82) is 0 Å². The summed E-state index contributed by atoms with van der Waals surface area (Å²) in [5.74, 6) is -1.39. The maximum Gasteiger partial charge on any atom is 0.339 e. The highest BCUT2D eigenvalue weighted by atomic mass is 16.5. The van der Waals surface area contributed by atoms with E-state index in [1.807, 2.05) is 0 Å². The predicted octanol–water partition coefficient (Wildman–Crippen LogP) is 4.93. The van der Waals surface area contributed by atoms with Gasteiger partial charge in [0.15, 0.2) is 0 Å². The number of carbonyl (C=O) groups is 2. The maximum atomic E-state index is 12.4. The van der Waals surface area contributed by atoms with Gasteiger partial charge in [-0.15, -0.1) is 0 Å². The first kappa shape index (κ1) is 19.2. The summed E-state index contributed by atoms with van der Waals surface area (Å²) in [6.45, 7) is 6.30. The van der Waals surface area contributed by atoms with Crippen LogP contribution in [0.5, 0.6) is 0 Å². The Morgan fingerprint density at radius 3 is 2.30 bits per heavy atom. The van der Waals surface area contributed by atoms with Gasteiger partial charge in [0.05, 0.1) is 11.1 Å². The highest BCUT2D eigenvalue weighted by Crippen LogP contribution is 2.21. The Bertz CT molecular complexity index is 510. The first-order valence-electron chi connectivity index (χ1n) is 8.54. The van der Waals surface area contributed by atoms with Crippen molar-refractivity contribution in [2.75, 3.05) is 0 Å². The zero-order chi connectivity index (χ0) is 17.2. The van der Waals surface area contributed by atoms with Crippen LogP contribution in [0.4, 0.5) is 0 Å². The molecule has 128 valence electrons. The van der Waals surface area contributed by atoms with Crippen LogP contribution in [0, 0.1) is 5.92 Å². The van der Waals surface area contributed by atoms with Gasteiger partial charge in [0.25, 0.3) is 0 Å². The van der Waals surface area contributed by atoms with E-state index >= 15 is 0 Å². The lowest BCUT2D eigenvalue weighted by Gasteiger charge is -2.23. The molecule has 1 aromatic carbocycles. The Balaban J connectivity index is 2.78. The van der Waals surface area contributed by atoms with Gasteiger partial charge in [-0.3, -0.25) is 0 Å². The zero-order valence-corrected chi connectivity index (χ0v) is 14.4. The summed E-state index contributed by atoms with van der Waals surface area (Å²) in [5.41, 5.74) is 0.119. The van der Waals surface area contributed by atoms with Crippen molar-refractivity contribution in [2.45, 2.75) is 65.4 Å². The average molecular weight is 320 g/mol. The molecule has 0 amide bonds. The fourth-order valence-corrected chi connectivity index (χ4v) is 2.54. The minimum absolute atomic E-state index is 0.00798. The molecule has 2 atom stereocenters. The summed E-state index contributed by atoms with van der Waals surface area (Å²) in [6, 6.07) is 6.20. The van der Waals surface area contributed by atoms with Gasteiger partial charge in [0, 0.05) is 0 Å². The van der Waals surface area contributed by atoms with Crippen LogP contribution < -0.4 is 0 Å². The largest absolute Gasteiger partial charge is 0.478 e. The van der Waals surface area contributed by atoms with Gasteiger partial charge >= 0.3 is 11.9 Å². The number of benzene rings is 1. The molecular formula is C19H28O4. The lowest BCUT2D eigenvalue weighted by molar-refractivity contribution is 0.0119. The Morgan fingerprint density at radius 1 is 1.09 bits per heavy atom. The number of hydrogen-bond acceptors (Lipinski definition) is 3. The third-order valence-corrected chi connectivity index (χ3v) is 4.26. The van der Waals surface area contributed by atoms with Crippen LogP contribution in [0.1, 0.15) is 80.0 Å². The number of carbonyl (C=O) groups excluding carboxylic acids is 1. The van der Waals surface area contributed by atoms with E-state index in [1.165, 1.54) is 25.0 Å². The number of rotatable bonds is 10. The number of esters is 1. The van der Waals surface area contributed by atoms with Crippen LogP contribution >= 0.6 is 0 Å². The van der Waals surface area contributed by atoms with Crippen molar-refractivity contribution >= 4 is 11.9 Å². The summed E-state index contributed by atoms with van der Waals surface area (Å²) in [4.78, 5) is 23.6. The van der Waals surface area contributed by atoms with E-state index < -0.39 is 11.9 Å². The summed E-state index contributed by atoms with van der Waals surface area (Å²) in [5, 5.41) is 9.20. The number of ether oxygens (including phenoxy) is 1. The standard InChI is InChI=1S/C19H28O4/c1-4-6-7-8-13-17(14(3)5-2)23-19(22)16-12-10-9-11-15(16)18(20)21/h9-12,14,17H,4-8,13H2,1-3H3,(H,20,21). The molecule has 0 saturated heterocycles. The van der Waals surface area contributed by atoms with Crippen molar-refractivity contribution in [1.82, 2.24) is 0 Å². The van der Waals surface area contributed by atoms with Gasteiger partial charge in [-0.25, -0.2) is 9.59 Å². The molecule has 0 aliphatic heterocycles. The number of unbranched alkanes of at least 4 members (excludes halogenated alkanes) is 3. The van der Waals surface area contributed by atoms with Crippen LogP contribution in [0.3, 0.4) is 0 Å². The van der Waals surface area contributed by atoms with Gasteiger partial charge in [0.2, 0.25) is 0 Å². The molecule has 1 aromatic rings. The fourth-order valence-electron chi connectivity index (χ4n) is 2.54. The molecule has 4 nitrogen and oxygen atoms in total. The molecule has 23 heavy (non-hydrogen) atoms. The summed E-state index contributed by atoms with van der Waals surface area (Å²) in [7, 11) is 0. The van der Waals surface area contributed by atoms with E-state index in [1.54, 1.807) is 12.1 Å². The van der Waals surface area contributed by atoms with E-state index in [-0.39, 0.29) is 23.1 Å². The van der Waals surface area contributed by atoms with Gasteiger partial charge < -0.3 is 9.84 Å². The first-order valence-corrected chi connectivity index (χ1v) is 8.54. The second-order valence-electron chi connectivity index (χ2n) is 6.03. The quantitative estimate of drug-likeness (QED) is 0.490. The van der Waals surface area contributed by atoms with Crippen LogP contribution in [-0.4, -0.2) is 23.1 Å². The fraction of sp³-hybridized carbons (Fsp3) is 0.579. The maximum absolute atomic E-state index is 12.4. The average Bonchev–Trinajstić information content (AvgIpc) is 2.56. The highest BCUT2D eigenvalue weighted by molar-refractivity contribution is 6.02. The summed E-state index contributed by atoms with van der Waals surface area (Å²) in [6.07, 6.45) is 6.10. The van der Waals surface area contributed by atoms with Crippen molar-refractivity contribution in [3.8, 4) is 0 Å². The molecule has 4 heteroatoms. The van der Waals surface area contributed by atoms with Crippen LogP contribution in [0.2, 0.25) is 0 Å². The molecule has 0 saturated carbocycles. The predicted molar refractivity (Wildman–Crippen MR) is 90.8 cm³/mol. The molecule has 0 aromatic heterocycles. The minimum atomic E-state index is -1.11. The van der Waals surface area contributed by atoms with Crippen molar-refractivity contribution in [2.24, 2.45) is 5.92 Å². The molecule has 0 bridgehead atoms. The Morgan fingerprint density at radius 2 is 1.74 bits per heavy atom. The molecule has 0 radical (unpaired) electrons. The number of carboxylic acid groups (broad SMARTS) is 1. The number of aromatic carboxylic acids is 1. The number of hydrogen-bond donors (Lipinski definition) is 1. The molecule has 2 unspecified atom stereocenters. The summed E-state index contributed by atoms with van der Waals surface area (Å²) >= 11 is 0. The topological polar surface area (TPSA) is 63.6 Å². The van der Waals surface area contributed by atoms with Crippen LogP contribution in [0.25, 0.3) is 0 Å². The van der Waals surface area contributed by atoms with Crippen LogP contribution in [-0.2, 0) is 4.74 Å². The van der Waals surface area contributed by atoms with E-state index in [0.29, 0.717) is 0 Å². The smallest absolute Gasteiger partial charge is 0.339 e. The molecule has 0 heterocycles. The second kappa shape index (κ2) is 10.0. The van der Waals surface area contributed by atoms with Crippen molar-refractivity contribution < 1.29 is 19.4 Å². The van der Waals surface area contributed by atoms with E-state index in [2.05, 4.69) is 20.8 Å². The molecule has 0 fully saturated rings. The normalized spacial score (nSPS) is 13.3.